The molecule has 1 aliphatic heterocycles. The number of aromatic nitrogens is 3. The molecule has 0 unspecified atom stereocenters. The van der Waals surface area contributed by atoms with Gasteiger partial charge in [-0.2, -0.15) is 9.40 Å². The molecule has 0 saturated carbocycles. The second-order valence-corrected chi connectivity index (χ2v) is 13.1. The third-order valence-corrected chi connectivity index (χ3v) is 10.3. The number of nitrogens with zero attached hydrogens (tertiary/aromatic N) is 5. The van der Waals surface area contributed by atoms with E-state index >= 15 is 0 Å². The van der Waals surface area contributed by atoms with Crippen molar-refractivity contribution >= 4 is 31.5 Å². The zero-order chi connectivity index (χ0) is 29.7. The summed E-state index contributed by atoms with van der Waals surface area (Å²) in [5.74, 6) is -0.368. The number of carbonyl (C=O) groups excluding carboxylic acids is 1. The lowest BCUT2D eigenvalue weighted by molar-refractivity contribution is -0.135. The SMILES string of the molecule is O=C(NO)[C@H](CNS(=O)(=O)c1ccc(OCc2cnn3cnccc23)cc1)N1CCN(S(=O)(=O)c2ccccc2)CC1. The van der Waals surface area contributed by atoms with Crippen LogP contribution in [0.15, 0.2) is 89.2 Å². The molecule has 5 rings (SSSR count). The maximum absolute atomic E-state index is 13.0. The predicted molar refractivity (Wildman–Crippen MR) is 149 cm³/mol. The van der Waals surface area contributed by atoms with Gasteiger partial charge in [0.05, 0.1) is 21.5 Å². The van der Waals surface area contributed by atoms with Crippen LogP contribution in [0, 0.1) is 0 Å². The van der Waals surface area contributed by atoms with Crippen molar-refractivity contribution < 1.29 is 31.6 Å². The van der Waals surface area contributed by atoms with E-state index < -0.39 is 32.0 Å². The normalized spacial score (nSPS) is 15.8. The van der Waals surface area contributed by atoms with Crippen molar-refractivity contribution in [1.82, 2.24) is 34.0 Å². The van der Waals surface area contributed by atoms with E-state index in [2.05, 4.69) is 14.8 Å². The summed E-state index contributed by atoms with van der Waals surface area (Å²) in [4.78, 5) is 18.2. The number of hydroxylamine groups is 1. The van der Waals surface area contributed by atoms with Crippen LogP contribution in [0.2, 0.25) is 0 Å². The molecule has 222 valence electrons. The first kappa shape index (κ1) is 29.6. The van der Waals surface area contributed by atoms with E-state index in [1.54, 1.807) is 51.8 Å². The standard InChI is InChI=1S/C26H29N7O7S2/c34-26(30-35)25(31-12-14-32(15-13-31)42(38,39)23-4-2-1-3-5-23)17-29-41(36,37)22-8-6-21(7-9-22)40-18-20-16-28-33-19-27-11-10-24(20)33/h1-11,16,19,25,29,35H,12-15,17-18H2,(H,30,34)/t25-/m0/s1. The van der Waals surface area contributed by atoms with Gasteiger partial charge < -0.3 is 4.74 Å². The summed E-state index contributed by atoms with van der Waals surface area (Å²) in [6.45, 7) is 0.361. The molecular formula is C26H29N7O7S2. The van der Waals surface area contributed by atoms with Crippen molar-refractivity contribution in [3.05, 3.63) is 84.9 Å². The van der Waals surface area contributed by atoms with Gasteiger partial charge in [-0.15, -0.1) is 0 Å². The van der Waals surface area contributed by atoms with Crippen LogP contribution in [-0.2, 0) is 31.4 Å². The Labute approximate surface area is 242 Å². The summed E-state index contributed by atoms with van der Waals surface area (Å²) >= 11 is 0. The summed E-state index contributed by atoms with van der Waals surface area (Å²) in [7, 11) is -7.74. The van der Waals surface area contributed by atoms with E-state index in [0.717, 1.165) is 11.1 Å². The van der Waals surface area contributed by atoms with Crippen LogP contribution in [-0.4, -0.2) is 90.5 Å². The van der Waals surface area contributed by atoms with Gasteiger partial charge in [-0.05, 0) is 42.5 Å². The lowest BCUT2D eigenvalue weighted by atomic mass is 10.2. The summed E-state index contributed by atoms with van der Waals surface area (Å²) in [5.41, 5.74) is 3.25. The van der Waals surface area contributed by atoms with E-state index in [1.165, 1.54) is 40.7 Å². The Bertz CT molecular complexity index is 1740. The Balaban J connectivity index is 1.19. The van der Waals surface area contributed by atoms with Crippen molar-refractivity contribution in [2.45, 2.75) is 22.4 Å². The van der Waals surface area contributed by atoms with Crippen molar-refractivity contribution in [2.75, 3.05) is 32.7 Å². The van der Waals surface area contributed by atoms with Gasteiger partial charge in [0, 0.05) is 44.5 Å². The van der Waals surface area contributed by atoms with E-state index in [1.807, 2.05) is 6.07 Å². The molecule has 0 spiro atoms. The molecule has 4 aromatic rings. The summed E-state index contributed by atoms with van der Waals surface area (Å²) < 4.78 is 63.0. The quantitative estimate of drug-likeness (QED) is 0.159. The molecule has 0 bridgehead atoms. The minimum atomic E-state index is -4.03. The van der Waals surface area contributed by atoms with Gasteiger partial charge in [-0.3, -0.25) is 14.9 Å². The van der Waals surface area contributed by atoms with Crippen molar-refractivity contribution in [3.8, 4) is 5.75 Å². The lowest BCUT2D eigenvalue weighted by Crippen LogP contribution is -2.58. The molecule has 1 fully saturated rings. The number of hydrogen-bond acceptors (Lipinski definition) is 10. The van der Waals surface area contributed by atoms with Crippen LogP contribution in [0.1, 0.15) is 5.56 Å². The number of nitrogens with one attached hydrogen (secondary N) is 2. The Morgan fingerprint density at radius 3 is 2.36 bits per heavy atom. The fraction of sp³-hybridized carbons (Fsp3) is 0.269. The van der Waals surface area contributed by atoms with Crippen LogP contribution in [0.3, 0.4) is 0 Å². The highest BCUT2D eigenvalue weighted by Gasteiger charge is 2.34. The maximum Gasteiger partial charge on any atom is 0.262 e. The average molecular weight is 616 g/mol. The van der Waals surface area contributed by atoms with Crippen molar-refractivity contribution in [3.63, 3.8) is 0 Å². The molecule has 2 aromatic heterocycles. The molecule has 0 radical (unpaired) electrons. The maximum atomic E-state index is 13.0. The largest absolute Gasteiger partial charge is 0.489 e. The van der Waals surface area contributed by atoms with E-state index in [0.29, 0.717) is 5.75 Å². The number of piperazine rings is 1. The summed E-state index contributed by atoms with van der Waals surface area (Å²) in [5, 5.41) is 13.5. The fourth-order valence-corrected chi connectivity index (χ4v) is 7.10. The van der Waals surface area contributed by atoms with Gasteiger partial charge in [-0.1, -0.05) is 18.2 Å². The fourth-order valence-electron chi connectivity index (χ4n) is 4.62. The Morgan fingerprint density at radius 2 is 1.67 bits per heavy atom. The van der Waals surface area contributed by atoms with Gasteiger partial charge in [0.15, 0.2) is 0 Å². The number of carbonyl (C=O) groups is 1. The minimum Gasteiger partial charge on any atom is -0.489 e. The second-order valence-electron chi connectivity index (χ2n) is 9.44. The number of fused-ring (bicyclic) bond motifs is 1. The molecule has 0 aliphatic carbocycles. The highest BCUT2D eigenvalue weighted by atomic mass is 32.2. The number of ether oxygens (including phenoxy) is 1. The molecule has 3 N–H and O–H groups in total. The van der Waals surface area contributed by atoms with Crippen LogP contribution in [0.5, 0.6) is 5.75 Å². The lowest BCUT2D eigenvalue weighted by Gasteiger charge is -2.37. The van der Waals surface area contributed by atoms with E-state index in [-0.39, 0.29) is 49.1 Å². The van der Waals surface area contributed by atoms with Gasteiger partial charge in [0.1, 0.15) is 24.7 Å². The summed E-state index contributed by atoms with van der Waals surface area (Å²) in [6.07, 6.45) is 4.90. The number of amides is 1. The van der Waals surface area contributed by atoms with Crippen molar-refractivity contribution in [2.24, 2.45) is 0 Å². The molecule has 1 aliphatic rings. The Kier molecular flexibility index (Phi) is 8.81. The molecule has 1 saturated heterocycles. The third-order valence-electron chi connectivity index (χ3n) is 6.91. The molecular weight excluding hydrogens is 586 g/mol. The highest BCUT2D eigenvalue weighted by molar-refractivity contribution is 7.89. The monoisotopic (exact) mass is 615 g/mol. The van der Waals surface area contributed by atoms with Crippen LogP contribution < -0.4 is 14.9 Å². The Morgan fingerprint density at radius 1 is 0.952 bits per heavy atom. The minimum absolute atomic E-state index is 0.0427. The number of sulfonamides is 2. The predicted octanol–water partition coefficient (Wildman–Crippen LogP) is 0.467. The zero-order valence-electron chi connectivity index (χ0n) is 22.3. The van der Waals surface area contributed by atoms with Crippen molar-refractivity contribution in [1.29, 1.82) is 0 Å². The molecule has 1 amide bonds. The molecule has 3 heterocycles. The topological polar surface area (TPSA) is 176 Å². The average Bonchev–Trinajstić information content (AvgIpc) is 3.44. The second kappa shape index (κ2) is 12.5. The molecule has 42 heavy (non-hydrogen) atoms. The van der Waals surface area contributed by atoms with E-state index in [4.69, 9.17) is 4.74 Å². The molecule has 2 aromatic carbocycles. The summed E-state index contributed by atoms with van der Waals surface area (Å²) in [6, 6.07) is 14.6. The number of hydrogen-bond donors (Lipinski definition) is 3. The zero-order valence-corrected chi connectivity index (χ0v) is 23.9. The van der Waals surface area contributed by atoms with Gasteiger partial charge in [0.2, 0.25) is 20.0 Å². The van der Waals surface area contributed by atoms with Crippen LogP contribution in [0.25, 0.3) is 5.52 Å². The number of benzene rings is 2. The van der Waals surface area contributed by atoms with Crippen LogP contribution >= 0.6 is 0 Å². The first-order valence-corrected chi connectivity index (χ1v) is 15.8. The molecule has 1 atom stereocenters. The molecule has 14 nitrogen and oxygen atoms in total. The van der Waals surface area contributed by atoms with Gasteiger partial charge in [-0.25, -0.2) is 36.5 Å². The number of rotatable bonds is 11. The first-order valence-electron chi connectivity index (χ1n) is 12.9. The van der Waals surface area contributed by atoms with E-state index in [9.17, 15) is 26.8 Å². The third kappa shape index (κ3) is 6.43. The molecule has 16 heteroatoms. The first-order chi connectivity index (χ1) is 20.2. The highest BCUT2D eigenvalue weighted by Crippen LogP contribution is 2.20. The van der Waals surface area contributed by atoms with Gasteiger partial charge in [0.25, 0.3) is 5.91 Å². The Hall–Kier alpha value is -3.93. The van der Waals surface area contributed by atoms with Crippen LogP contribution in [0.4, 0.5) is 0 Å². The smallest absolute Gasteiger partial charge is 0.262 e. The van der Waals surface area contributed by atoms with Gasteiger partial charge >= 0.3 is 0 Å².